The van der Waals surface area contributed by atoms with E-state index in [-0.39, 0.29) is 49.3 Å². The summed E-state index contributed by atoms with van der Waals surface area (Å²) in [6.07, 6.45) is 9.81. The van der Waals surface area contributed by atoms with Gasteiger partial charge in [0, 0.05) is 57.7 Å². The van der Waals surface area contributed by atoms with Crippen LogP contribution < -0.4 is 0 Å². The second-order valence-corrected chi connectivity index (χ2v) is 19.3. The lowest BCUT2D eigenvalue weighted by Gasteiger charge is -2.50. The molecule has 2 bridgehead atoms. The van der Waals surface area contributed by atoms with Gasteiger partial charge in [0.05, 0.1) is 62.0 Å². The second-order valence-electron chi connectivity index (χ2n) is 19.3. The smallest absolute Gasteiger partial charge is 0.316 e. The van der Waals surface area contributed by atoms with Gasteiger partial charge in [-0.15, -0.1) is 0 Å². The van der Waals surface area contributed by atoms with Gasteiger partial charge < -0.3 is 62.7 Å². The number of ether oxygens (including phenoxy) is 10. The van der Waals surface area contributed by atoms with Gasteiger partial charge in [-0.1, -0.05) is 70.6 Å². The maximum atomic E-state index is 14.5. The van der Waals surface area contributed by atoms with Crippen molar-refractivity contribution in [3.05, 3.63) is 59.3 Å². The maximum Gasteiger partial charge on any atom is 0.316 e. The van der Waals surface area contributed by atoms with Crippen molar-refractivity contribution in [2.45, 2.75) is 185 Å². The van der Waals surface area contributed by atoms with E-state index in [1.165, 1.54) is 0 Å². The summed E-state index contributed by atoms with van der Waals surface area (Å²) in [6.45, 7) is 16.3. The van der Waals surface area contributed by atoms with Crippen LogP contribution in [0, 0.1) is 29.6 Å². The van der Waals surface area contributed by atoms with E-state index >= 15 is 0 Å². The molecule has 1 aliphatic carbocycles. The highest BCUT2D eigenvalue weighted by molar-refractivity contribution is 5.78. The van der Waals surface area contributed by atoms with E-state index in [0.29, 0.717) is 43.3 Å². The summed E-state index contributed by atoms with van der Waals surface area (Å²) in [5, 5.41) is 34.6. The summed E-state index contributed by atoms with van der Waals surface area (Å²) >= 11 is 0. The van der Waals surface area contributed by atoms with Crippen LogP contribution in [0.25, 0.3) is 0 Å². The molecular formula is C49H74O14. The fraction of sp³-hybridized carbons (Fsp3) is 0.776. The number of carbonyl (C=O) groups excluding carboxylic acids is 1. The van der Waals surface area contributed by atoms with Crippen LogP contribution in [0.5, 0.6) is 0 Å². The molecule has 6 aliphatic heterocycles. The van der Waals surface area contributed by atoms with E-state index in [9.17, 15) is 20.1 Å². The summed E-state index contributed by atoms with van der Waals surface area (Å²) in [7, 11) is 3.22. The summed E-state index contributed by atoms with van der Waals surface area (Å²) in [6, 6.07) is 0. The fourth-order valence-electron chi connectivity index (χ4n) is 10.9. The molecule has 0 amide bonds. The van der Waals surface area contributed by atoms with Gasteiger partial charge >= 0.3 is 5.97 Å². The zero-order chi connectivity index (χ0) is 45.4. The Balaban J connectivity index is 1.19. The average Bonchev–Trinajstić information content (AvgIpc) is 3.25. The number of allylic oxidation sites excluding steroid dienone is 2. The first-order valence-corrected chi connectivity index (χ1v) is 23.3. The van der Waals surface area contributed by atoms with Crippen LogP contribution in [0.15, 0.2) is 59.3 Å². The molecule has 63 heavy (non-hydrogen) atoms. The van der Waals surface area contributed by atoms with Crippen molar-refractivity contribution in [1.29, 1.82) is 0 Å². The predicted octanol–water partition coefficient (Wildman–Crippen LogP) is 5.63. The lowest BCUT2D eigenvalue weighted by atomic mass is 9.64. The largest absolute Gasteiger partial charge is 0.462 e. The molecule has 7 aliphatic rings. The third-order valence-corrected chi connectivity index (χ3v) is 14.9. The minimum Gasteiger partial charge on any atom is -0.462 e. The molecular weight excluding hydrogens is 813 g/mol. The number of rotatable bonds is 8. The molecule has 354 valence electrons. The van der Waals surface area contributed by atoms with E-state index in [0.717, 1.165) is 12.0 Å². The van der Waals surface area contributed by atoms with Crippen molar-refractivity contribution in [2.75, 3.05) is 27.4 Å². The first kappa shape index (κ1) is 48.6. The van der Waals surface area contributed by atoms with Crippen molar-refractivity contribution < 1.29 is 67.5 Å². The Bertz CT molecular complexity index is 1740. The normalized spacial score (nSPS) is 46.6. The van der Waals surface area contributed by atoms with E-state index in [1.807, 2.05) is 32.1 Å². The van der Waals surface area contributed by atoms with E-state index in [1.54, 1.807) is 40.2 Å². The molecule has 0 radical (unpaired) electrons. The molecule has 20 unspecified atom stereocenters. The predicted molar refractivity (Wildman–Crippen MR) is 232 cm³/mol. The Kier molecular flexibility index (Phi) is 15.7. The minimum absolute atomic E-state index is 0.0806. The van der Waals surface area contributed by atoms with E-state index in [4.69, 9.17) is 47.4 Å². The Morgan fingerprint density at radius 1 is 0.889 bits per heavy atom. The minimum atomic E-state index is -1.75. The van der Waals surface area contributed by atoms with Crippen LogP contribution >= 0.6 is 0 Å². The molecule has 3 N–H and O–H groups in total. The number of methoxy groups -OCH3 is 2. The third-order valence-electron chi connectivity index (χ3n) is 14.9. The Hall–Kier alpha value is -2.31. The molecule has 6 heterocycles. The second kappa shape index (κ2) is 20.3. The summed E-state index contributed by atoms with van der Waals surface area (Å²) in [5.41, 5.74) is 0.277. The van der Waals surface area contributed by atoms with Crippen molar-refractivity contribution in [3.8, 4) is 0 Å². The van der Waals surface area contributed by atoms with Crippen molar-refractivity contribution in [3.63, 3.8) is 0 Å². The Morgan fingerprint density at radius 3 is 2.33 bits per heavy atom. The zero-order valence-electron chi connectivity index (χ0n) is 38.9. The number of aliphatic hydroxyl groups is 3. The molecule has 4 saturated heterocycles. The van der Waals surface area contributed by atoms with Crippen LogP contribution in [0.1, 0.15) is 93.9 Å². The molecule has 0 aromatic heterocycles. The van der Waals surface area contributed by atoms with Crippen LogP contribution in [0.4, 0.5) is 0 Å². The molecule has 1 spiro atoms. The van der Waals surface area contributed by atoms with Gasteiger partial charge in [0.15, 0.2) is 18.4 Å². The Labute approximate surface area is 373 Å². The van der Waals surface area contributed by atoms with Gasteiger partial charge in [0.2, 0.25) is 0 Å². The van der Waals surface area contributed by atoms with Gasteiger partial charge in [-0.25, -0.2) is 0 Å². The van der Waals surface area contributed by atoms with Gasteiger partial charge in [-0.3, -0.25) is 4.79 Å². The maximum absolute atomic E-state index is 14.5. The fourth-order valence-corrected chi connectivity index (χ4v) is 10.9. The SMILES string of the molecule is CCC(C)C1OC2(C=CC1C)CC1CC(CC=C(C)C(OC3CC(OC)C(OC4CC(OC)C(O)C(C)O4)C(C)O3)C(C)C=CC=C3COCC4C(O)C(C)=CC(C(=O)O1)C34O)O2. The highest BCUT2D eigenvalue weighted by atomic mass is 16.7. The molecule has 14 nitrogen and oxygen atoms in total. The van der Waals surface area contributed by atoms with Gasteiger partial charge in [0.1, 0.15) is 29.8 Å². The molecule has 0 aromatic rings. The first-order chi connectivity index (χ1) is 30.0. The van der Waals surface area contributed by atoms with Crippen molar-refractivity contribution in [1.82, 2.24) is 0 Å². The summed E-state index contributed by atoms with van der Waals surface area (Å²) in [4.78, 5) is 14.5. The summed E-state index contributed by atoms with van der Waals surface area (Å²) < 4.78 is 63.7. The van der Waals surface area contributed by atoms with Crippen LogP contribution in [-0.4, -0.2) is 140 Å². The lowest BCUT2D eigenvalue weighted by molar-refractivity contribution is -0.318. The lowest BCUT2D eigenvalue weighted by Crippen LogP contribution is -2.61. The van der Waals surface area contributed by atoms with Gasteiger partial charge in [0.25, 0.3) is 0 Å². The highest BCUT2D eigenvalue weighted by Crippen LogP contribution is 2.47. The van der Waals surface area contributed by atoms with Gasteiger partial charge in [-0.2, -0.15) is 0 Å². The molecule has 4 fully saturated rings. The number of esters is 1. The number of hydrogen-bond donors (Lipinski definition) is 3. The molecule has 0 saturated carbocycles. The third kappa shape index (κ3) is 10.2. The van der Waals surface area contributed by atoms with Crippen LogP contribution in [0.3, 0.4) is 0 Å². The highest BCUT2D eigenvalue weighted by Gasteiger charge is 2.58. The zero-order valence-corrected chi connectivity index (χ0v) is 38.9. The number of fused-ring (bicyclic) bond motifs is 2. The molecule has 20 atom stereocenters. The molecule has 0 aromatic carbocycles. The number of aliphatic hydroxyl groups excluding tert-OH is 2. The van der Waals surface area contributed by atoms with Crippen molar-refractivity contribution >= 4 is 5.97 Å². The average molecular weight is 887 g/mol. The topological polar surface area (TPSA) is 170 Å². The van der Waals surface area contributed by atoms with Gasteiger partial charge in [-0.05, 0) is 62.8 Å². The summed E-state index contributed by atoms with van der Waals surface area (Å²) in [5.74, 6) is -3.28. The van der Waals surface area contributed by atoms with E-state index < -0.39 is 90.6 Å². The molecule has 7 rings (SSSR count). The van der Waals surface area contributed by atoms with Crippen LogP contribution in [-0.2, 0) is 52.2 Å². The van der Waals surface area contributed by atoms with Crippen LogP contribution in [0.2, 0.25) is 0 Å². The quantitative estimate of drug-likeness (QED) is 0.203. The van der Waals surface area contributed by atoms with E-state index in [2.05, 4.69) is 39.8 Å². The molecule has 14 heteroatoms. The monoisotopic (exact) mass is 887 g/mol. The van der Waals surface area contributed by atoms with Crippen molar-refractivity contribution in [2.24, 2.45) is 29.6 Å². The number of carbonyl (C=O) groups is 1. The number of hydrogen-bond acceptors (Lipinski definition) is 14. The Morgan fingerprint density at radius 2 is 1.60 bits per heavy atom. The standard InChI is InChI=1S/C49H74O14/c1-11-26(2)45-29(5)17-18-48(63-45)23-35-20-34(62-48)16-15-28(4)44(60-41-22-39(55-10)46(32(8)58-41)61-40-21-38(54-9)43(51)31(7)57-40)27(3)13-12-14-33-24-56-25-37-42(50)30(6)19-36(47(52)59-35)49(33,37)53/h12-15,17-19,26-27,29,31-32,34-46,50-51,53H,11,16,20-25H2,1-10H3. The first-order valence-electron chi connectivity index (χ1n) is 23.3.